The molecule has 0 radical (unpaired) electrons. The van der Waals surface area contributed by atoms with Crippen LogP contribution in [0.4, 0.5) is 17.3 Å². The molecule has 2 rings (SSSR count). The zero-order valence-electron chi connectivity index (χ0n) is 8.68. The van der Waals surface area contributed by atoms with E-state index in [9.17, 15) is 0 Å². The smallest absolute Gasteiger partial charge is 0.151 e. The van der Waals surface area contributed by atoms with Crippen molar-refractivity contribution in [1.82, 2.24) is 9.97 Å². The Kier molecular flexibility index (Phi) is 3.21. The van der Waals surface area contributed by atoms with Crippen LogP contribution in [0.25, 0.3) is 0 Å². The van der Waals surface area contributed by atoms with Gasteiger partial charge in [-0.15, -0.1) is 0 Å². The molecular formula is C11H8BrN5. The van der Waals surface area contributed by atoms with Crippen LogP contribution in [0.5, 0.6) is 0 Å². The predicted octanol–water partition coefficient (Wildman–Crippen LogP) is 2.44. The first-order chi connectivity index (χ1) is 8.19. The van der Waals surface area contributed by atoms with Crippen molar-refractivity contribution in [2.45, 2.75) is 0 Å². The van der Waals surface area contributed by atoms with Gasteiger partial charge in [0.1, 0.15) is 5.82 Å². The Morgan fingerprint density at radius 1 is 1.35 bits per heavy atom. The van der Waals surface area contributed by atoms with Gasteiger partial charge in [0, 0.05) is 4.47 Å². The van der Waals surface area contributed by atoms with E-state index in [-0.39, 0.29) is 0 Å². The minimum atomic E-state index is 0.347. The zero-order valence-corrected chi connectivity index (χ0v) is 10.3. The van der Waals surface area contributed by atoms with Crippen LogP contribution in [0.1, 0.15) is 5.56 Å². The van der Waals surface area contributed by atoms with E-state index in [1.165, 1.54) is 6.20 Å². The molecule has 0 saturated carbocycles. The largest absolute Gasteiger partial charge is 0.382 e. The van der Waals surface area contributed by atoms with Crippen molar-refractivity contribution in [2.24, 2.45) is 0 Å². The molecule has 1 aromatic heterocycles. The van der Waals surface area contributed by atoms with Crippen LogP contribution >= 0.6 is 15.9 Å². The second-order valence-corrected chi connectivity index (χ2v) is 4.11. The molecule has 0 amide bonds. The summed E-state index contributed by atoms with van der Waals surface area (Å²) in [6.45, 7) is 0. The van der Waals surface area contributed by atoms with Crippen LogP contribution in [0.2, 0.25) is 0 Å². The van der Waals surface area contributed by atoms with Gasteiger partial charge in [-0.2, -0.15) is 5.26 Å². The molecule has 0 aliphatic carbocycles. The number of halogens is 1. The fourth-order valence-corrected chi connectivity index (χ4v) is 1.74. The van der Waals surface area contributed by atoms with Crippen molar-refractivity contribution in [3.63, 3.8) is 0 Å². The predicted molar refractivity (Wildman–Crippen MR) is 68.6 cm³/mol. The van der Waals surface area contributed by atoms with Gasteiger partial charge < -0.3 is 11.1 Å². The lowest BCUT2D eigenvalue weighted by molar-refractivity contribution is 1.21. The maximum Gasteiger partial charge on any atom is 0.151 e. The van der Waals surface area contributed by atoms with Crippen molar-refractivity contribution in [1.29, 1.82) is 5.26 Å². The number of nitrogens with zero attached hydrogens (tertiary/aromatic N) is 3. The van der Waals surface area contributed by atoms with E-state index in [4.69, 9.17) is 11.0 Å². The standard InChI is InChI=1S/C11H8BrN5/c12-8-3-7(4-13)1-2-9(8)16-11-6-15-5-10(14)17-11/h1-3,5-6H,(H3,14,16,17). The molecule has 0 aliphatic rings. The molecule has 1 heterocycles. The maximum atomic E-state index is 8.75. The molecule has 0 aliphatic heterocycles. The summed E-state index contributed by atoms with van der Waals surface area (Å²) in [6, 6.07) is 7.29. The minimum absolute atomic E-state index is 0.347. The van der Waals surface area contributed by atoms with Crippen LogP contribution < -0.4 is 11.1 Å². The molecule has 0 bridgehead atoms. The third kappa shape index (κ3) is 2.71. The lowest BCUT2D eigenvalue weighted by atomic mass is 10.2. The summed E-state index contributed by atoms with van der Waals surface area (Å²) >= 11 is 3.37. The summed E-state index contributed by atoms with van der Waals surface area (Å²) < 4.78 is 0.778. The second kappa shape index (κ2) is 4.80. The highest BCUT2D eigenvalue weighted by Crippen LogP contribution is 2.25. The quantitative estimate of drug-likeness (QED) is 0.887. The molecule has 1 aromatic carbocycles. The number of nitrogens with two attached hydrogens (primary N) is 1. The van der Waals surface area contributed by atoms with E-state index < -0.39 is 0 Å². The molecular weight excluding hydrogens is 282 g/mol. The van der Waals surface area contributed by atoms with Gasteiger partial charge >= 0.3 is 0 Å². The molecule has 0 fully saturated rings. The molecule has 6 heteroatoms. The lowest BCUT2D eigenvalue weighted by Crippen LogP contribution is -1.98. The van der Waals surface area contributed by atoms with Crippen LogP contribution in [0.15, 0.2) is 35.1 Å². The summed E-state index contributed by atoms with van der Waals surface area (Å²) in [5.74, 6) is 0.898. The van der Waals surface area contributed by atoms with E-state index in [0.29, 0.717) is 17.2 Å². The van der Waals surface area contributed by atoms with Crippen LogP contribution in [-0.2, 0) is 0 Å². The topological polar surface area (TPSA) is 87.6 Å². The molecule has 2 aromatic rings. The highest BCUT2D eigenvalue weighted by molar-refractivity contribution is 9.10. The molecule has 3 N–H and O–H groups in total. The molecule has 0 atom stereocenters. The van der Waals surface area contributed by atoms with Gasteiger partial charge in [-0.1, -0.05) is 0 Å². The number of nitriles is 1. The molecule has 84 valence electrons. The first kappa shape index (κ1) is 11.4. The summed E-state index contributed by atoms with van der Waals surface area (Å²) in [4.78, 5) is 8.00. The molecule has 0 unspecified atom stereocenters. The Hall–Kier alpha value is -2.13. The monoisotopic (exact) mass is 289 g/mol. The van der Waals surface area contributed by atoms with E-state index in [1.54, 1.807) is 24.4 Å². The second-order valence-electron chi connectivity index (χ2n) is 3.26. The van der Waals surface area contributed by atoms with Crippen LogP contribution in [-0.4, -0.2) is 9.97 Å². The lowest BCUT2D eigenvalue weighted by Gasteiger charge is -2.07. The highest BCUT2D eigenvalue weighted by Gasteiger charge is 2.03. The Bertz CT molecular complexity index is 591. The van der Waals surface area contributed by atoms with Crippen molar-refractivity contribution < 1.29 is 0 Å². The summed E-state index contributed by atoms with van der Waals surface area (Å²) in [5.41, 5.74) is 6.91. The number of hydrogen-bond donors (Lipinski definition) is 2. The van der Waals surface area contributed by atoms with E-state index in [0.717, 1.165) is 10.2 Å². The number of aromatic nitrogens is 2. The van der Waals surface area contributed by atoms with Gasteiger partial charge in [0.05, 0.1) is 29.7 Å². The van der Waals surface area contributed by atoms with Gasteiger partial charge in [0.25, 0.3) is 0 Å². The third-order valence-corrected chi connectivity index (χ3v) is 2.67. The first-order valence-corrected chi connectivity index (χ1v) is 5.52. The Labute approximate surface area is 106 Å². The Balaban J connectivity index is 2.28. The normalized spacial score (nSPS) is 9.65. The Morgan fingerprint density at radius 3 is 2.82 bits per heavy atom. The van der Waals surface area contributed by atoms with E-state index in [2.05, 4.69) is 37.3 Å². The fraction of sp³-hybridized carbons (Fsp3) is 0. The summed E-state index contributed by atoms with van der Waals surface area (Å²) in [5, 5.41) is 11.8. The fourth-order valence-electron chi connectivity index (χ4n) is 1.27. The number of nitrogens with one attached hydrogen (secondary N) is 1. The van der Waals surface area contributed by atoms with Crippen molar-refractivity contribution in [2.75, 3.05) is 11.1 Å². The molecule has 0 saturated heterocycles. The number of hydrogen-bond acceptors (Lipinski definition) is 5. The van der Waals surface area contributed by atoms with E-state index in [1.807, 2.05) is 0 Å². The van der Waals surface area contributed by atoms with Crippen LogP contribution in [0, 0.1) is 11.3 Å². The highest BCUT2D eigenvalue weighted by atomic mass is 79.9. The Morgan fingerprint density at radius 2 is 2.18 bits per heavy atom. The molecule has 5 nitrogen and oxygen atoms in total. The van der Waals surface area contributed by atoms with E-state index >= 15 is 0 Å². The van der Waals surface area contributed by atoms with Gasteiger partial charge in [-0.25, -0.2) is 4.98 Å². The third-order valence-electron chi connectivity index (χ3n) is 2.01. The summed E-state index contributed by atoms with van der Waals surface area (Å²) in [6.07, 6.45) is 3.04. The average Bonchev–Trinajstić information content (AvgIpc) is 2.32. The number of nitrogen functional groups attached to an aromatic ring is 1. The zero-order chi connectivity index (χ0) is 12.3. The van der Waals surface area contributed by atoms with Gasteiger partial charge in [-0.05, 0) is 34.1 Å². The number of rotatable bonds is 2. The SMILES string of the molecule is N#Cc1ccc(Nc2cncc(N)n2)c(Br)c1. The van der Waals surface area contributed by atoms with Gasteiger partial charge in [-0.3, -0.25) is 4.98 Å². The van der Waals surface area contributed by atoms with Crippen molar-refractivity contribution in [3.05, 3.63) is 40.6 Å². The van der Waals surface area contributed by atoms with Gasteiger partial charge in [0.15, 0.2) is 5.82 Å². The summed E-state index contributed by atoms with van der Waals surface area (Å²) in [7, 11) is 0. The average molecular weight is 290 g/mol. The van der Waals surface area contributed by atoms with Crippen LogP contribution in [0.3, 0.4) is 0 Å². The maximum absolute atomic E-state index is 8.75. The van der Waals surface area contributed by atoms with Gasteiger partial charge in [0.2, 0.25) is 0 Å². The van der Waals surface area contributed by atoms with Crippen molar-refractivity contribution >= 4 is 33.3 Å². The first-order valence-electron chi connectivity index (χ1n) is 4.73. The number of benzene rings is 1. The minimum Gasteiger partial charge on any atom is -0.382 e. The molecule has 17 heavy (non-hydrogen) atoms. The molecule has 0 spiro atoms. The number of anilines is 3. The van der Waals surface area contributed by atoms with Crippen molar-refractivity contribution in [3.8, 4) is 6.07 Å².